The predicted molar refractivity (Wildman–Crippen MR) is 55.3 cm³/mol. The molecule has 1 aromatic rings. The molecule has 84 valence electrons. The molecule has 0 aliphatic carbocycles. The van der Waals surface area contributed by atoms with E-state index in [-0.39, 0.29) is 12.2 Å². The molecular weight excluding hydrogens is 194 g/mol. The zero-order chi connectivity index (χ0) is 11.3. The third kappa shape index (κ3) is 4.20. The van der Waals surface area contributed by atoms with Crippen molar-refractivity contribution in [2.24, 2.45) is 0 Å². The van der Waals surface area contributed by atoms with Crippen LogP contribution < -0.4 is 0 Å². The first-order chi connectivity index (χ1) is 7.11. The fraction of sp³-hybridized carbons (Fsp3) is 0.700. The first kappa shape index (κ1) is 11.8. The topological polar surface area (TPSA) is 59.2 Å². The van der Waals surface area contributed by atoms with E-state index in [1.54, 1.807) is 0 Å². The van der Waals surface area contributed by atoms with Crippen LogP contribution in [0.25, 0.3) is 0 Å². The molecule has 15 heavy (non-hydrogen) atoms. The number of hydrogen-bond donors (Lipinski definition) is 0. The first-order valence-electron chi connectivity index (χ1n) is 5.09. The van der Waals surface area contributed by atoms with Gasteiger partial charge in [0.05, 0.1) is 13.0 Å². The molecule has 0 unspecified atom stereocenters. The van der Waals surface area contributed by atoms with Crippen LogP contribution in [0, 0.1) is 0 Å². The van der Waals surface area contributed by atoms with Gasteiger partial charge < -0.3 is 9.42 Å². The number of Topliss-reactive ketones (excluding diaryl/α,β-unsaturated/α-hetero) is 1. The van der Waals surface area contributed by atoms with Crippen molar-refractivity contribution in [1.82, 2.24) is 15.0 Å². The third-order valence-electron chi connectivity index (χ3n) is 1.85. The molecule has 0 amide bonds. The molecule has 0 aromatic carbocycles. The monoisotopic (exact) mass is 211 g/mol. The van der Waals surface area contributed by atoms with Crippen LogP contribution in [0.4, 0.5) is 0 Å². The van der Waals surface area contributed by atoms with Crippen molar-refractivity contribution in [3.8, 4) is 0 Å². The molecule has 1 aromatic heterocycles. The van der Waals surface area contributed by atoms with Crippen molar-refractivity contribution in [1.29, 1.82) is 0 Å². The van der Waals surface area contributed by atoms with Crippen molar-refractivity contribution in [3.05, 3.63) is 11.7 Å². The molecule has 0 saturated heterocycles. The lowest BCUT2D eigenvalue weighted by molar-refractivity contribution is -0.118. The average molecular weight is 211 g/mol. The molecule has 0 saturated carbocycles. The Bertz CT molecular complexity index is 320. The van der Waals surface area contributed by atoms with Crippen LogP contribution in [0.2, 0.25) is 0 Å². The molecule has 1 heterocycles. The fourth-order valence-corrected chi connectivity index (χ4v) is 1.24. The molecule has 0 aliphatic heterocycles. The lowest BCUT2D eigenvalue weighted by atomic mass is 10.2. The Kier molecular flexibility index (Phi) is 4.42. The normalized spacial score (nSPS) is 10.9. The van der Waals surface area contributed by atoms with Gasteiger partial charge in [-0.05, 0) is 20.5 Å². The summed E-state index contributed by atoms with van der Waals surface area (Å²) in [6.07, 6.45) is 1.69. The van der Waals surface area contributed by atoms with Crippen LogP contribution in [0.3, 0.4) is 0 Å². The predicted octanol–water partition coefficient (Wildman–Crippen LogP) is 1.04. The molecule has 0 aliphatic rings. The molecular formula is C10H17N3O2. The van der Waals surface area contributed by atoms with Crippen LogP contribution in [0.15, 0.2) is 4.52 Å². The summed E-state index contributed by atoms with van der Waals surface area (Å²) in [7, 11) is 3.86. The molecule has 0 fully saturated rings. The number of carbonyl (C=O) groups is 1. The molecule has 0 spiro atoms. The Labute approximate surface area is 89.5 Å². The minimum Gasteiger partial charge on any atom is -0.339 e. The van der Waals surface area contributed by atoms with E-state index in [1.807, 2.05) is 25.9 Å². The van der Waals surface area contributed by atoms with E-state index in [0.717, 1.165) is 6.42 Å². The molecule has 0 radical (unpaired) electrons. The standard InChI is InChI=1S/C10H17N3O2/c1-4-5-8(14)6-10-11-9(12-15-10)7-13(2)3/h4-7H2,1-3H3. The molecule has 0 bridgehead atoms. The van der Waals surface area contributed by atoms with Crippen LogP contribution in [-0.4, -0.2) is 34.9 Å². The molecule has 0 atom stereocenters. The summed E-state index contributed by atoms with van der Waals surface area (Å²) in [6, 6.07) is 0. The number of aromatic nitrogens is 2. The van der Waals surface area contributed by atoms with Gasteiger partial charge in [0.15, 0.2) is 5.82 Å². The quantitative estimate of drug-likeness (QED) is 0.703. The number of carbonyl (C=O) groups excluding carboxylic acids is 1. The van der Waals surface area contributed by atoms with Crippen molar-refractivity contribution >= 4 is 5.78 Å². The Morgan fingerprint density at radius 1 is 1.47 bits per heavy atom. The molecule has 0 N–H and O–H groups in total. The number of nitrogens with zero attached hydrogens (tertiary/aromatic N) is 3. The van der Waals surface area contributed by atoms with Gasteiger partial charge in [-0.15, -0.1) is 0 Å². The van der Waals surface area contributed by atoms with E-state index in [2.05, 4.69) is 10.1 Å². The van der Waals surface area contributed by atoms with Crippen molar-refractivity contribution in [2.75, 3.05) is 14.1 Å². The van der Waals surface area contributed by atoms with Gasteiger partial charge in [0.1, 0.15) is 5.78 Å². The minimum atomic E-state index is 0.151. The van der Waals surface area contributed by atoms with E-state index in [4.69, 9.17) is 4.52 Å². The summed E-state index contributed by atoms with van der Waals surface area (Å²) in [5.41, 5.74) is 0. The summed E-state index contributed by atoms with van der Waals surface area (Å²) in [4.78, 5) is 17.4. The second kappa shape index (κ2) is 5.60. The van der Waals surface area contributed by atoms with Gasteiger partial charge in [-0.1, -0.05) is 12.1 Å². The van der Waals surface area contributed by atoms with Gasteiger partial charge in [-0.25, -0.2) is 0 Å². The van der Waals surface area contributed by atoms with Crippen LogP contribution in [0.1, 0.15) is 31.5 Å². The highest BCUT2D eigenvalue weighted by Gasteiger charge is 2.10. The van der Waals surface area contributed by atoms with Crippen LogP contribution in [-0.2, 0) is 17.8 Å². The summed E-state index contributed by atoms with van der Waals surface area (Å²) >= 11 is 0. The lowest BCUT2D eigenvalue weighted by Gasteiger charge is -2.03. The summed E-state index contributed by atoms with van der Waals surface area (Å²) < 4.78 is 4.97. The molecule has 1 rings (SSSR count). The smallest absolute Gasteiger partial charge is 0.234 e. The highest BCUT2D eigenvalue weighted by Crippen LogP contribution is 2.03. The zero-order valence-electron chi connectivity index (χ0n) is 9.49. The minimum absolute atomic E-state index is 0.151. The van der Waals surface area contributed by atoms with Crippen molar-refractivity contribution in [3.63, 3.8) is 0 Å². The van der Waals surface area contributed by atoms with Gasteiger partial charge >= 0.3 is 0 Å². The fourth-order valence-electron chi connectivity index (χ4n) is 1.24. The summed E-state index contributed by atoms with van der Waals surface area (Å²) in [5.74, 6) is 1.20. The van der Waals surface area contributed by atoms with E-state index < -0.39 is 0 Å². The Balaban J connectivity index is 2.49. The van der Waals surface area contributed by atoms with Crippen molar-refractivity contribution < 1.29 is 9.32 Å². The first-order valence-corrected chi connectivity index (χ1v) is 5.09. The second-order valence-electron chi connectivity index (χ2n) is 3.81. The average Bonchev–Trinajstić information content (AvgIpc) is 2.51. The highest BCUT2D eigenvalue weighted by atomic mass is 16.5. The maximum absolute atomic E-state index is 11.3. The zero-order valence-corrected chi connectivity index (χ0v) is 9.49. The SMILES string of the molecule is CCCC(=O)Cc1nc(CN(C)C)no1. The van der Waals surface area contributed by atoms with Gasteiger partial charge in [0.2, 0.25) is 5.89 Å². The van der Waals surface area contributed by atoms with E-state index >= 15 is 0 Å². The van der Waals surface area contributed by atoms with Crippen molar-refractivity contribution in [2.45, 2.75) is 32.7 Å². The Hall–Kier alpha value is -1.23. The second-order valence-corrected chi connectivity index (χ2v) is 3.81. The maximum Gasteiger partial charge on any atom is 0.234 e. The van der Waals surface area contributed by atoms with Crippen LogP contribution in [0.5, 0.6) is 0 Å². The van der Waals surface area contributed by atoms with Gasteiger partial charge in [-0.2, -0.15) is 4.98 Å². The number of ketones is 1. The number of rotatable bonds is 6. The highest BCUT2D eigenvalue weighted by molar-refractivity contribution is 5.79. The third-order valence-corrected chi connectivity index (χ3v) is 1.85. The molecule has 5 nitrogen and oxygen atoms in total. The van der Waals surface area contributed by atoms with Gasteiger partial charge in [0, 0.05) is 6.42 Å². The van der Waals surface area contributed by atoms with E-state index in [1.165, 1.54) is 0 Å². The van der Waals surface area contributed by atoms with Crippen LogP contribution >= 0.6 is 0 Å². The summed E-state index contributed by atoms with van der Waals surface area (Å²) in [6.45, 7) is 2.61. The summed E-state index contributed by atoms with van der Waals surface area (Å²) in [5, 5.41) is 3.79. The van der Waals surface area contributed by atoms with Gasteiger partial charge in [-0.3, -0.25) is 4.79 Å². The Morgan fingerprint density at radius 2 is 2.20 bits per heavy atom. The van der Waals surface area contributed by atoms with Gasteiger partial charge in [0.25, 0.3) is 0 Å². The number of hydrogen-bond acceptors (Lipinski definition) is 5. The largest absolute Gasteiger partial charge is 0.339 e. The molecule has 5 heteroatoms. The van der Waals surface area contributed by atoms with E-state index in [0.29, 0.717) is 24.7 Å². The lowest BCUT2D eigenvalue weighted by Crippen LogP contribution is -2.12. The van der Waals surface area contributed by atoms with E-state index in [9.17, 15) is 4.79 Å². The Morgan fingerprint density at radius 3 is 2.80 bits per heavy atom. The maximum atomic E-state index is 11.3.